The van der Waals surface area contributed by atoms with Crippen LogP contribution < -0.4 is 5.73 Å². The van der Waals surface area contributed by atoms with Gasteiger partial charge in [-0.2, -0.15) is 0 Å². The Labute approximate surface area is 140 Å². The van der Waals surface area contributed by atoms with E-state index < -0.39 is 0 Å². The molecule has 23 heavy (non-hydrogen) atoms. The van der Waals surface area contributed by atoms with Gasteiger partial charge in [-0.3, -0.25) is 4.79 Å². The lowest BCUT2D eigenvalue weighted by Crippen LogP contribution is -2.47. The molecule has 2 N–H and O–H groups in total. The van der Waals surface area contributed by atoms with Gasteiger partial charge < -0.3 is 15.5 Å². The molecule has 1 aliphatic rings. The molecule has 1 amide bonds. The molecule has 6 heteroatoms. The number of thiazole rings is 1. The van der Waals surface area contributed by atoms with Gasteiger partial charge in [0.05, 0.1) is 12.1 Å². The molecule has 122 valence electrons. The van der Waals surface area contributed by atoms with E-state index in [1.807, 2.05) is 34.5 Å². The molecule has 0 aliphatic carbocycles. The van der Waals surface area contributed by atoms with Gasteiger partial charge in [0.1, 0.15) is 5.01 Å². The molecule has 3 rings (SSSR count). The first-order chi connectivity index (χ1) is 11.2. The molecule has 0 atom stereocenters. The second kappa shape index (κ2) is 7.21. The van der Waals surface area contributed by atoms with Crippen LogP contribution in [0.25, 0.3) is 10.6 Å². The number of amides is 1. The predicted octanol–water partition coefficient (Wildman–Crippen LogP) is 1.59. The van der Waals surface area contributed by atoms with Gasteiger partial charge in [-0.25, -0.2) is 4.98 Å². The van der Waals surface area contributed by atoms with E-state index in [1.54, 1.807) is 11.3 Å². The van der Waals surface area contributed by atoms with Crippen molar-refractivity contribution in [2.45, 2.75) is 13.0 Å². The summed E-state index contributed by atoms with van der Waals surface area (Å²) in [6, 6.07) is 8.11. The monoisotopic (exact) mass is 330 g/mol. The van der Waals surface area contributed by atoms with Gasteiger partial charge in [0.2, 0.25) is 5.91 Å². The van der Waals surface area contributed by atoms with Gasteiger partial charge >= 0.3 is 0 Å². The molecule has 2 aromatic rings. The third-order valence-corrected chi connectivity index (χ3v) is 5.12. The van der Waals surface area contributed by atoms with E-state index in [0.29, 0.717) is 13.0 Å². The second-order valence-corrected chi connectivity index (χ2v) is 6.76. The Kier molecular flexibility index (Phi) is 5.05. The van der Waals surface area contributed by atoms with E-state index in [9.17, 15) is 4.79 Å². The SMILES string of the molecule is CN1CCN(C(=O)Cc2csc(-c3ccc(CN)cc3)n2)CC1. The van der Waals surface area contributed by atoms with Crippen LogP contribution in [-0.2, 0) is 17.8 Å². The van der Waals surface area contributed by atoms with E-state index in [1.165, 1.54) is 0 Å². The molecule has 0 bridgehead atoms. The maximum atomic E-state index is 12.4. The van der Waals surface area contributed by atoms with Gasteiger partial charge in [-0.1, -0.05) is 24.3 Å². The third-order valence-electron chi connectivity index (χ3n) is 4.18. The highest BCUT2D eigenvalue weighted by Crippen LogP contribution is 2.24. The lowest BCUT2D eigenvalue weighted by molar-refractivity contribution is -0.132. The largest absolute Gasteiger partial charge is 0.340 e. The number of rotatable bonds is 4. The summed E-state index contributed by atoms with van der Waals surface area (Å²) < 4.78 is 0. The fourth-order valence-electron chi connectivity index (χ4n) is 2.63. The molecule has 5 nitrogen and oxygen atoms in total. The van der Waals surface area contributed by atoms with E-state index in [2.05, 4.69) is 16.9 Å². The summed E-state index contributed by atoms with van der Waals surface area (Å²) in [5.41, 5.74) is 8.66. The number of likely N-dealkylation sites (N-methyl/N-ethyl adjacent to an activating group) is 1. The Morgan fingerprint density at radius 1 is 1.22 bits per heavy atom. The highest BCUT2D eigenvalue weighted by Gasteiger charge is 2.20. The normalized spacial score (nSPS) is 15.8. The zero-order valence-corrected chi connectivity index (χ0v) is 14.2. The summed E-state index contributed by atoms with van der Waals surface area (Å²) in [4.78, 5) is 21.2. The van der Waals surface area contributed by atoms with Gasteiger partial charge in [-0.05, 0) is 12.6 Å². The predicted molar refractivity (Wildman–Crippen MR) is 93.2 cm³/mol. The number of hydrogen-bond acceptors (Lipinski definition) is 5. The van der Waals surface area contributed by atoms with E-state index in [-0.39, 0.29) is 5.91 Å². The van der Waals surface area contributed by atoms with E-state index in [0.717, 1.165) is 48.0 Å². The van der Waals surface area contributed by atoms with Gasteiger partial charge in [-0.15, -0.1) is 11.3 Å². The van der Waals surface area contributed by atoms with Crippen molar-refractivity contribution in [3.8, 4) is 10.6 Å². The molecule has 0 radical (unpaired) electrons. The first kappa shape index (κ1) is 16.1. The standard InChI is InChI=1S/C17H22N4OS/c1-20-6-8-21(9-7-20)16(22)10-15-12-23-17(19-15)14-4-2-13(11-18)3-5-14/h2-5,12H,6-11,18H2,1H3. The Balaban J connectivity index is 1.63. The number of piperazine rings is 1. The summed E-state index contributed by atoms with van der Waals surface area (Å²) in [7, 11) is 2.09. The number of nitrogens with two attached hydrogens (primary N) is 1. The number of carbonyl (C=O) groups excluding carboxylic acids is 1. The fraction of sp³-hybridized carbons (Fsp3) is 0.412. The summed E-state index contributed by atoms with van der Waals surface area (Å²) in [6.07, 6.45) is 0.390. The number of carbonyl (C=O) groups is 1. The smallest absolute Gasteiger partial charge is 0.228 e. The van der Waals surface area contributed by atoms with Crippen LogP contribution in [0.15, 0.2) is 29.6 Å². The minimum absolute atomic E-state index is 0.174. The van der Waals surface area contributed by atoms with Crippen molar-refractivity contribution >= 4 is 17.2 Å². The summed E-state index contributed by atoms with van der Waals surface area (Å²) >= 11 is 1.58. The van der Waals surface area contributed by atoms with Crippen molar-refractivity contribution in [2.75, 3.05) is 33.2 Å². The Morgan fingerprint density at radius 3 is 2.57 bits per heavy atom. The van der Waals surface area contributed by atoms with Crippen LogP contribution in [-0.4, -0.2) is 53.9 Å². The van der Waals surface area contributed by atoms with Crippen molar-refractivity contribution in [2.24, 2.45) is 5.73 Å². The van der Waals surface area contributed by atoms with Crippen molar-refractivity contribution < 1.29 is 4.79 Å². The average molecular weight is 330 g/mol. The molecule has 1 aromatic carbocycles. The lowest BCUT2D eigenvalue weighted by Gasteiger charge is -2.32. The molecule has 1 fully saturated rings. The number of nitrogens with zero attached hydrogens (tertiary/aromatic N) is 3. The van der Waals surface area contributed by atoms with Crippen LogP contribution in [0.3, 0.4) is 0 Å². The van der Waals surface area contributed by atoms with Crippen molar-refractivity contribution in [3.63, 3.8) is 0 Å². The number of hydrogen-bond donors (Lipinski definition) is 1. The first-order valence-corrected chi connectivity index (χ1v) is 8.74. The summed E-state index contributed by atoms with van der Waals surface area (Å²) in [5, 5.41) is 2.94. The van der Waals surface area contributed by atoms with Crippen molar-refractivity contribution in [3.05, 3.63) is 40.9 Å². The number of benzene rings is 1. The van der Waals surface area contributed by atoms with Gasteiger partial charge in [0.15, 0.2) is 0 Å². The highest BCUT2D eigenvalue weighted by atomic mass is 32.1. The van der Waals surface area contributed by atoms with E-state index in [4.69, 9.17) is 5.73 Å². The maximum Gasteiger partial charge on any atom is 0.228 e. The van der Waals surface area contributed by atoms with Crippen LogP contribution in [0.4, 0.5) is 0 Å². The zero-order chi connectivity index (χ0) is 16.2. The van der Waals surface area contributed by atoms with Crippen LogP contribution in [0.5, 0.6) is 0 Å². The zero-order valence-electron chi connectivity index (χ0n) is 13.4. The molecule has 1 saturated heterocycles. The van der Waals surface area contributed by atoms with Crippen LogP contribution >= 0.6 is 11.3 Å². The first-order valence-electron chi connectivity index (χ1n) is 7.86. The van der Waals surface area contributed by atoms with Crippen molar-refractivity contribution in [1.82, 2.24) is 14.8 Å². The molecular weight excluding hydrogens is 308 g/mol. The summed E-state index contributed by atoms with van der Waals surface area (Å²) in [6.45, 7) is 4.06. The molecule has 2 heterocycles. The van der Waals surface area contributed by atoms with Gasteiger partial charge in [0.25, 0.3) is 0 Å². The fourth-order valence-corrected chi connectivity index (χ4v) is 3.45. The molecule has 1 aliphatic heterocycles. The minimum Gasteiger partial charge on any atom is -0.340 e. The second-order valence-electron chi connectivity index (χ2n) is 5.91. The van der Waals surface area contributed by atoms with Crippen LogP contribution in [0, 0.1) is 0 Å². The average Bonchev–Trinajstić information content (AvgIpc) is 3.04. The van der Waals surface area contributed by atoms with E-state index >= 15 is 0 Å². The number of aromatic nitrogens is 1. The van der Waals surface area contributed by atoms with Gasteiger partial charge in [0, 0.05) is 43.7 Å². The lowest BCUT2D eigenvalue weighted by atomic mass is 10.1. The quantitative estimate of drug-likeness (QED) is 0.925. The minimum atomic E-state index is 0.174. The molecule has 0 saturated carbocycles. The Bertz CT molecular complexity index is 659. The topological polar surface area (TPSA) is 62.5 Å². The Morgan fingerprint density at radius 2 is 1.91 bits per heavy atom. The maximum absolute atomic E-state index is 12.4. The third kappa shape index (κ3) is 3.96. The van der Waals surface area contributed by atoms with Crippen molar-refractivity contribution in [1.29, 1.82) is 0 Å². The molecule has 1 aromatic heterocycles. The molecular formula is C17H22N4OS. The Hall–Kier alpha value is -1.76. The van der Waals surface area contributed by atoms with Crippen LogP contribution in [0.1, 0.15) is 11.3 Å². The summed E-state index contributed by atoms with van der Waals surface area (Å²) in [5.74, 6) is 0.174. The molecule has 0 unspecified atom stereocenters. The highest BCUT2D eigenvalue weighted by molar-refractivity contribution is 7.13. The molecule has 0 spiro atoms. The van der Waals surface area contributed by atoms with Crippen LogP contribution in [0.2, 0.25) is 0 Å².